The molecule has 0 bridgehead atoms. The van der Waals surface area contributed by atoms with E-state index in [0.29, 0.717) is 4.47 Å². The number of aliphatic hydroxyl groups excluding tert-OH is 1. The van der Waals surface area contributed by atoms with E-state index in [9.17, 15) is 18.3 Å². The number of benzene rings is 1. The van der Waals surface area contributed by atoms with Crippen molar-refractivity contribution >= 4 is 15.9 Å². The summed E-state index contributed by atoms with van der Waals surface area (Å²) in [4.78, 5) is 0. The summed E-state index contributed by atoms with van der Waals surface area (Å²) in [7, 11) is 0. The predicted molar refractivity (Wildman–Crippen MR) is 58.5 cm³/mol. The first-order valence-corrected chi connectivity index (χ1v) is 5.90. The number of halogens is 4. The van der Waals surface area contributed by atoms with E-state index in [-0.39, 0.29) is 17.2 Å². The average molecular weight is 311 g/mol. The van der Waals surface area contributed by atoms with Crippen LogP contribution < -0.4 is 4.74 Å². The highest BCUT2D eigenvalue weighted by Gasteiger charge is 2.37. The SMILES string of the molecule is OC(c1c(Br)cccc1OC(F)(F)F)C1CC1. The minimum absolute atomic E-state index is 0.0317. The Kier molecular flexibility index (Phi) is 3.36. The number of ether oxygens (including phenoxy) is 1. The van der Waals surface area contributed by atoms with Crippen LogP contribution in [0.1, 0.15) is 24.5 Å². The van der Waals surface area contributed by atoms with E-state index in [4.69, 9.17) is 0 Å². The third-order valence-electron chi connectivity index (χ3n) is 2.60. The van der Waals surface area contributed by atoms with Gasteiger partial charge in [0.25, 0.3) is 0 Å². The Hall–Kier alpha value is -0.750. The van der Waals surface area contributed by atoms with E-state index in [1.54, 1.807) is 6.07 Å². The molecule has 0 heterocycles. The molecule has 1 aliphatic carbocycles. The first-order valence-electron chi connectivity index (χ1n) is 5.10. The van der Waals surface area contributed by atoms with Gasteiger partial charge in [-0.15, -0.1) is 13.2 Å². The van der Waals surface area contributed by atoms with Crippen LogP contribution in [0, 0.1) is 5.92 Å². The quantitative estimate of drug-likeness (QED) is 0.920. The fourth-order valence-corrected chi connectivity index (χ4v) is 2.25. The lowest BCUT2D eigenvalue weighted by Crippen LogP contribution is -2.19. The van der Waals surface area contributed by atoms with Crippen molar-refractivity contribution in [3.63, 3.8) is 0 Å². The number of hydrogen-bond acceptors (Lipinski definition) is 2. The van der Waals surface area contributed by atoms with Crippen LogP contribution in [-0.2, 0) is 0 Å². The van der Waals surface area contributed by atoms with Gasteiger partial charge in [0, 0.05) is 10.0 Å². The van der Waals surface area contributed by atoms with Crippen LogP contribution in [0.25, 0.3) is 0 Å². The molecule has 0 spiro atoms. The molecule has 1 aromatic rings. The Morgan fingerprint density at radius 1 is 1.35 bits per heavy atom. The third-order valence-corrected chi connectivity index (χ3v) is 3.29. The monoisotopic (exact) mass is 310 g/mol. The van der Waals surface area contributed by atoms with Gasteiger partial charge in [-0.05, 0) is 30.9 Å². The van der Waals surface area contributed by atoms with Gasteiger partial charge in [-0.2, -0.15) is 0 Å². The molecule has 1 unspecified atom stereocenters. The van der Waals surface area contributed by atoms with E-state index in [1.807, 2.05) is 0 Å². The van der Waals surface area contributed by atoms with Gasteiger partial charge in [-0.1, -0.05) is 22.0 Å². The molecule has 1 saturated carbocycles. The molecule has 1 fully saturated rings. The highest BCUT2D eigenvalue weighted by Crippen LogP contribution is 2.46. The lowest BCUT2D eigenvalue weighted by molar-refractivity contribution is -0.275. The number of hydrogen-bond donors (Lipinski definition) is 1. The van der Waals surface area contributed by atoms with Crippen LogP contribution in [0.2, 0.25) is 0 Å². The first-order chi connectivity index (χ1) is 7.88. The zero-order valence-corrected chi connectivity index (χ0v) is 10.3. The lowest BCUT2D eigenvalue weighted by Gasteiger charge is -2.18. The summed E-state index contributed by atoms with van der Waals surface area (Å²) in [5.74, 6) is -0.310. The summed E-state index contributed by atoms with van der Waals surface area (Å²) in [5, 5.41) is 9.94. The van der Waals surface area contributed by atoms with E-state index in [2.05, 4.69) is 20.7 Å². The smallest absolute Gasteiger partial charge is 0.405 e. The molecular formula is C11H10BrF3O2. The second-order valence-corrected chi connectivity index (χ2v) is 4.84. The number of alkyl halides is 3. The van der Waals surface area contributed by atoms with Gasteiger partial charge < -0.3 is 9.84 Å². The molecule has 0 amide bonds. The minimum atomic E-state index is -4.75. The Balaban J connectivity index is 2.33. The molecule has 2 nitrogen and oxygen atoms in total. The molecule has 0 aromatic heterocycles. The molecule has 94 valence electrons. The van der Waals surface area contributed by atoms with Gasteiger partial charge in [0.15, 0.2) is 0 Å². The van der Waals surface area contributed by atoms with Crippen molar-refractivity contribution in [1.82, 2.24) is 0 Å². The molecule has 17 heavy (non-hydrogen) atoms. The largest absolute Gasteiger partial charge is 0.573 e. The molecule has 1 aromatic carbocycles. The highest BCUT2D eigenvalue weighted by molar-refractivity contribution is 9.10. The number of rotatable bonds is 3. The molecule has 0 aliphatic heterocycles. The van der Waals surface area contributed by atoms with Crippen LogP contribution in [0.5, 0.6) is 5.75 Å². The maximum absolute atomic E-state index is 12.2. The van der Waals surface area contributed by atoms with Crippen LogP contribution in [0.15, 0.2) is 22.7 Å². The topological polar surface area (TPSA) is 29.5 Å². The minimum Gasteiger partial charge on any atom is -0.405 e. The fourth-order valence-electron chi connectivity index (χ4n) is 1.67. The molecule has 1 atom stereocenters. The van der Waals surface area contributed by atoms with Crippen molar-refractivity contribution in [1.29, 1.82) is 0 Å². The van der Waals surface area contributed by atoms with Gasteiger partial charge in [0.2, 0.25) is 0 Å². The second-order valence-electron chi connectivity index (χ2n) is 3.98. The van der Waals surface area contributed by atoms with Gasteiger partial charge in [-0.25, -0.2) is 0 Å². The van der Waals surface area contributed by atoms with E-state index >= 15 is 0 Å². The summed E-state index contributed by atoms with van der Waals surface area (Å²) >= 11 is 3.14. The lowest BCUT2D eigenvalue weighted by atomic mass is 10.0. The molecule has 1 aliphatic rings. The van der Waals surface area contributed by atoms with Crippen molar-refractivity contribution in [3.05, 3.63) is 28.2 Å². The van der Waals surface area contributed by atoms with Crippen molar-refractivity contribution in [2.75, 3.05) is 0 Å². The van der Waals surface area contributed by atoms with Crippen molar-refractivity contribution in [2.45, 2.75) is 25.3 Å². The van der Waals surface area contributed by atoms with Crippen LogP contribution in [0.3, 0.4) is 0 Å². The van der Waals surface area contributed by atoms with Gasteiger partial charge >= 0.3 is 6.36 Å². The molecule has 6 heteroatoms. The average Bonchev–Trinajstić information content (AvgIpc) is 2.97. The van der Waals surface area contributed by atoms with Crippen LogP contribution >= 0.6 is 15.9 Å². The van der Waals surface area contributed by atoms with E-state index in [1.165, 1.54) is 12.1 Å². The predicted octanol–water partition coefficient (Wildman–Crippen LogP) is 3.79. The zero-order valence-electron chi connectivity index (χ0n) is 8.67. The Morgan fingerprint density at radius 3 is 2.53 bits per heavy atom. The summed E-state index contributed by atoms with van der Waals surface area (Å²) in [6.45, 7) is 0. The summed E-state index contributed by atoms with van der Waals surface area (Å²) < 4.78 is 41.0. The van der Waals surface area contributed by atoms with Crippen molar-refractivity contribution in [3.8, 4) is 5.75 Å². The number of aliphatic hydroxyl groups is 1. The summed E-state index contributed by atoms with van der Waals surface area (Å²) in [5.41, 5.74) is 0.173. The molecule has 2 rings (SSSR count). The second kappa shape index (κ2) is 4.49. The molecular weight excluding hydrogens is 301 g/mol. The molecule has 1 N–H and O–H groups in total. The third kappa shape index (κ3) is 3.13. The molecule has 0 saturated heterocycles. The molecule has 0 radical (unpaired) electrons. The maximum Gasteiger partial charge on any atom is 0.573 e. The fraction of sp³-hybridized carbons (Fsp3) is 0.455. The van der Waals surface area contributed by atoms with Gasteiger partial charge in [0.1, 0.15) is 5.75 Å². The Labute approximate surface area is 105 Å². The van der Waals surface area contributed by atoms with Gasteiger partial charge in [-0.3, -0.25) is 0 Å². The first kappa shape index (κ1) is 12.7. The highest BCUT2D eigenvalue weighted by atomic mass is 79.9. The zero-order chi connectivity index (χ0) is 12.6. The van der Waals surface area contributed by atoms with Crippen molar-refractivity contribution in [2.24, 2.45) is 5.92 Å². The summed E-state index contributed by atoms with van der Waals surface area (Å²) in [6.07, 6.45) is -4.01. The van der Waals surface area contributed by atoms with Crippen molar-refractivity contribution < 1.29 is 23.0 Å². The van der Waals surface area contributed by atoms with E-state index < -0.39 is 12.5 Å². The van der Waals surface area contributed by atoms with Crippen LogP contribution in [-0.4, -0.2) is 11.5 Å². The normalized spacial score (nSPS) is 17.9. The maximum atomic E-state index is 12.2. The van der Waals surface area contributed by atoms with Crippen LogP contribution in [0.4, 0.5) is 13.2 Å². The Morgan fingerprint density at radius 2 is 2.00 bits per heavy atom. The standard InChI is InChI=1S/C11H10BrF3O2/c12-7-2-1-3-8(17-11(13,14)15)9(7)10(16)6-4-5-6/h1-3,6,10,16H,4-5H2. The van der Waals surface area contributed by atoms with E-state index in [0.717, 1.165) is 12.8 Å². The Bertz CT molecular complexity index is 416. The van der Waals surface area contributed by atoms with Gasteiger partial charge in [0.05, 0.1) is 6.10 Å². The summed E-state index contributed by atoms with van der Waals surface area (Å²) in [6, 6.07) is 4.23.